The molecule has 0 bridgehead atoms. The Balaban J connectivity index is 1.73. The van der Waals surface area contributed by atoms with Crippen LogP contribution in [0.2, 0.25) is 0 Å². The number of pyridine rings is 1. The number of nitrogens with zero attached hydrogens (tertiary/aromatic N) is 3. The van der Waals surface area contributed by atoms with Crippen LogP contribution in [0.15, 0.2) is 48.0 Å². The van der Waals surface area contributed by atoms with E-state index >= 15 is 0 Å². The highest BCUT2D eigenvalue weighted by Crippen LogP contribution is 2.31. The monoisotopic (exact) mass is 490 g/mol. The third-order valence-electron chi connectivity index (χ3n) is 4.50. The minimum Gasteiger partial charge on any atom is -0.497 e. The van der Waals surface area contributed by atoms with Gasteiger partial charge in [0.1, 0.15) is 16.4 Å². The number of aryl methyl sites for hydroxylation is 1. The number of benzene rings is 1. The summed E-state index contributed by atoms with van der Waals surface area (Å²) in [6.07, 6.45) is 2.91. The molecule has 0 aliphatic carbocycles. The van der Waals surface area contributed by atoms with Crippen LogP contribution >= 0.6 is 33.9 Å². The summed E-state index contributed by atoms with van der Waals surface area (Å²) in [5.74, 6) is 0.832. The average Bonchev–Trinajstić information content (AvgIpc) is 3.32. The number of ether oxygens (including phenoxy) is 1. The molecule has 138 valence electrons. The van der Waals surface area contributed by atoms with Crippen molar-refractivity contribution in [2.24, 2.45) is 5.73 Å². The molecule has 7 heteroatoms. The zero-order valence-electron chi connectivity index (χ0n) is 15.0. The predicted molar refractivity (Wildman–Crippen MR) is 117 cm³/mol. The second kappa shape index (κ2) is 7.57. The van der Waals surface area contributed by atoms with Crippen LogP contribution in [0.3, 0.4) is 0 Å². The quantitative estimate of drug-likeness (QED) is 0.413. The van der Waals surface area contributed by atoms with Gasteiger partial charge >= 0.3 is 0 Å². The summed E-state index contributed by atoms with van der Waals surface area (Å²) >= 11 is 3.89. The van der Waals surface area contributed by atoms with Crippen molar-refractivity contribution >= 4 is 39.6 Å². The lowest BCUT2D eigenvalue weighted by atomic mass is 10.1. The number of aromatic nitrogens is 3. The lowest BCUT2D eigenvalue weighted by Gasteiger charge is -2.11. The first kappa shape index (κ1) is 18.4. The number of fused-ring (bicyclic) bond motifs is 1. The van der Waals surface area contributed by atoms with Gasteiger partial charge in [-0.2, -0.15) is 0 Å². The smallest absolute Gasteiger partial charge is 0.137 e. The van der Waals surface area contributed by atoms with Crippen molar-refractivity contribution in [1.29, 1.82) is 0 Å². The van der Waals surface area contributed by atoms with Gasteiger partial charge in [0, 0.05) is 20.7 Å². The molecule has 4 aromatic rings. The standard InChI is InChI=1S/C20H19IN4OS/c1-3-15-19(25-10-13(21)6-9-17(25)23-15)18(22)20-24-16(11-27-20)12-4-7-14(26-2)8-5-12/h4-11,18H,3,22H2,1-2H3. The van der Waals surface area contributed by atoms with Crippen LogP contribution in [-0.2, 0) is 6.42 Å². The third kappa shape index (κ3) is 3.46. The molecule has 0 saturated carbocycles. The van der Waals surface area contributed by atoms with Crippen molar-refractivity contribution in [2.45, 2.75) is 19.4 Å². The molecule has 27 heavy (non-hydrogen) atoms. The largest absolute Gasteiger partial charge is 0.497 e. The summed E-state index contributed by atoms with van der Waals surface area (Å²) in [7, 11) is 1.66. The Morgan fingerprint density at radius 3 is 2.67 bits per heavy atom. The Labute approximate surface area is 175 Å². The molecule has 3 aromatic heterocycles. The van der Waals surface area contributed by atoms with Gasteiger partial charge in [0.25, 0.3) is 0 Å². The van der Waals surface area contributed by atoms with E-state index in [-0.39, 0.29) is 6.04 Å². The van der Waals surface area contributed by atoms with Crippen molar-refractivity contribution in [3.05, 3.63) is 67.9 Å². The van der Waals surface area contributed by atoms with Gasteiger partial charge in [0.15, 0.2) is 0 Å². The second-order valence-electron chi connectivity index (χ2n) is 6.15. The predicted octanol–water partition coefficient (Wildman–Crippen LogP) is 4.68. The molecule has 0 saturated heterocycles. The molecular weight excluding hydrogens is 471 g/mol. The van der Waals surface area contributed by atoms with Gasteiger partial charge in [0.2, 0.25) is 0 Å². The molecule has 5 nitrogen and oxygen atoms in total. The summed E-state index contributed by atoms with van der Waals surface area (Å²) in [5, 5.41) is 2.94. The van der Waals surface area contributed by atoms with Gasteiger partial charge in [-0.1, -0.05) is 6.92 Å². The lowest BCUT2D eigenvalue weighted by Crippen LogP contribution is -2.16. The van der Waals surface area contributed by atoms with E-state index in [0.717, 1.165) is 49.0 Å². The van der Waals surface area contributed by atoms with Crippen molar-refractivity contribution < 1.29 is 4.74 Å². The molecule has 1 unspecified atom stereocenters. The SMILES string of the molecule is CCc1nc2ccc(I)cn2c1C(N)c1nc(-c2ccc(OC)cc2)cs1. The van der Waals surface area contributed by atoms with Gasteiger partial charge in [0.05, 0.1) is 30.2 Å². The number of methoxy groups -OCH3 is 1. The molecular formula is C20H19IN4OS. The van der Waals surface area contributed by atoms with Crippen LogP contribution in [0, 0.1) is 3.57 Å². The third-order valence-corrected chi connectivity index (χ3v) is 6.06. The maximum atomic E-state index is 6.65. The van der Waals surface area contributed by atoms with E-state index in [9.17, 15) is 0 Å². The van der Waals surface area contributed by atoms with E-state index in [1.165, 1.54) is 0 Å². The molecule has 1 aromatic carbocycles. The highest BCUT2D eigenvalue weighted by molar-refractivity contribution is 14.1. The van der Waals surface area contributed by atoms with E-state index in [1.54, 1.807) is 18.4 Å². The Hall–Kier alpha value is -1.97. The maximum absolute atomic E-state index is 6.65. The van der Waals surface area contributed by atoms with Crippen molar-refractivity contribution in [3.8, 4) is 17.0 Å². The first-order valence-electron chi connectivity index (χ1n) is 8.62. The normalized spacial score (nSPS) is 12.4. The average molecular weight is 490 g/mol. The summed E-state index contributed by atoms with van der Waals surface area (Å²) < 4.78 is 8.47. The number of hydrogen-bond donors (Lipinski definition) is 1. The fourth-order valence-corrected chi connectivity index (χ4v) is 4.41. The zero-order chi connectivity index (χ0) is 19.0. The number of rotatable bonds is 5. The Morgan fingerprint density at radius 1 is 1.19 bits per heavy atom. The van der Waals surface area contributed by atoms with Gasteiger partial charge in [-0.15, -0.1) is 11.3 Å². The van der Waals surface area contributed by atoms with Gasteiger partial charge in [-0.3, -0.25) is 0 Å². The van der Waals surface area contributed by atoms with Crippen molar-refractivity contribution in [2.75, 3.05) is 7.11 Å². The van der Waals surface area contributed by atoms with E-state index < -0.39 is 0 Å². The highest BCUT2D eigenvalue weighted by Gasteiger charge is 2.22. The highest BCUT2D eigenvalue weighted by atomic mass is 127. The summed E-state index contributed by atoms with van der Waals surface area (Å²) in [6, 6.07) is 11.7. The van der Waals surface area contributed by atoms with Crippen LogP contribution < -0.4 is 10.5 Å². The van der Waals surface area contributed by atoms with E-state index in [4.69, 9.17) is 20.4 Å². The fraction of sp³-hybridized carbons (Fsp3) is 0.200. The van der Waals surface area contributed by atoms with Crippen LogP contribution in [0.1, 0.15) is 29.4 Å². The molecule has 0 fully saturated rings. The molecule has 0 radical (unpaired) electrons. The van der Waals surface area contributed by atoms with Gasteiger partial charge in [-0.05, 0) is 65.4 Å². The van der Waals surface area contributed by atoms with Gasteiger partial charge < -0.3 is 14.9 Å². The molecule has 0 aliphatic rings. The molecule has 0 aliphatic heterocycles. The number of nitrogens with two attached hydrogens (primary N) is 1. The maximum Gasteiger partial charge on any atom is 0.137 e. The lowest BCUT2D eigenvalue weighted by molar-refractivity contribution is 0.415. The van der Waals surface area contributed by atoms with Crippen LogP contribution in [-0.4, -0.2) is 21.5 Å². The number of hydrogen-bond acceptors (Lipinski definition) is 5. The Bertz CT molecular complexity index is 1090. The fourth-order valence-electron chi connectivity index (χ4n) is 3.12. The molecule has 1 atom stereocenters. The summed E-state index contributed by atoms with van der Waals surface area (Å²) in [5.41, 5.74) is 11.6. The molecule has 3 heterocycles. The first-order valence-corrected chi connectivity index (χ1v) is 10.6. The van der Waals surface area contributed by atoms with Crippen LogP contribution in [0.5, 0.6) is 5.75 Å². The summed E-state index contributed by atoms with van der Waals surface area (Å²) in [4.78, 5) is 9.55. The van der Waals surface area contributed by atoms with Crippen LogP contribution in [0.25, 0.3) is 16.9 Å². The minimum atomic E-state index is -0.315. The summed E-state index contributed by atoms with van der Waals surface area (Å²) in [6.45, 7) is 2.10. The van der Waals surface area contributed by atoms with Crippen molar-refractivity contribution in [3.63, 3.8) is 0 Å². The zero-order valence-corrected chi connectivity index (χ0v) is 18.0. The number of halogens is 1. The minimum absolute atomic E-state index is 0.315. The van der Waals surface area contributed by atoms with E-state index in [1.807, 2.05) is 30.3 Å². The topological polar surface area (TPSA) is 65.4 Å². The first-order chi connectivity index (χ1) is 13.1. The van der Waals surface area contributed by atoms with Crippen molar-refractivity contribution in [1.82, 2.24) is 14.4 Å². The molecule has 4 rings (SSSR count). The van der Waals surface area contributed by atoms with Gasteiger partial charge in [-0.25, -0.2) is 9.97 Å². The molecule has 2 N–H and O–H groups in total. The Kier molecular flexibility index (Phi) is 5.16. The second-order valence-corrected chi connectivity index (χ2v) is 8.29. The van der Waals surface area contributed by atoms with E-state index in [0.29, 0.717) is 0 Å². The Morgan fingerprint density at radius 2 is 1.96 bits per heavy atom. The molecule has 0 amide bonds. The number of imidazole rings is 1. The number of thiazole rings is 1. The van der Waals surface area contributed by atoms with Crippen LogP contribution in [0.4, 0.5) is 0 Å². The van der Waals surface area contributed by atoms with E-state index in [2.05, 4.69) is 51.6 Å². The molecule has 0 spiro atoms.